The first-order chi connectivity index (χ1) is 31.8. The Kier molecular flexibility index (Phi) is 6.88. The van der Waals surface area contributed by atoms with Crippen LogP contribution in [0, 0.1) is 0 Å². The average molecular weight is 849 g/mol. The highest BCUT2D eigenvalue weighted by Crippen LogP contribution is 2.65. The Hall–Kier alpha value is -6.88. The highest BCUT2D eigenvalue weighted by atomic mass is 32.1. The largest absolute Gasteiger partial charge is 0.375 e. The van der Waals surface area contributed by atoms with Crippen LogP contribution in [0.3, 0.4) is 0 Å². The minimum absolute atomic E-state index is 0.0526. The Labute approximate surface area is 384 Å². The molecule has 9 aromatic carbocycles. The predicted molar refractivity (Wildman–Crippen MR) is 277 cm³/mol. The molecule has 0 amide bonds. The predicted octanol–water partition coefficient (Wildman–Crippen LogP) is 14.9. The fourth-order valence-electron chi connectivity index (χ4n) is 13.5. The summed E-state index contributed by atoms with van der Waals surface area (Å²) in [4.78, 5) is 5.51. The Balaban J connectivity index is 1.13. The number of anilines is 5. The summed E-state index contributed by atoms with van der Waals surface area (Å²) < 4.78 is 2.69. The molecule has 15 rings (SSSR count). The van der Waals surface area contributed by atoms with Gasteiger partial charge in [-0.25, -0.2) is 0 Å². The summed E-state index contributed by atoms with van der Waals surface area (Å²) in [5.74, 6) is 0. The minimum atomic E-state index is -0.506. The van der Waals surface area contributed by atoms with E-state index in [-0.39, 0.29) is 17.7 Å². The summed E-state index contributed by atoms with van der Waals surface area (Å²) in [5.41, 5.74) is 22.5. The lowest BCUT2D eigenvalue weighted by molar-refractivity contribution is 0.332. The fraction of sp³-hybridized carbons (Fsp3) is 0.148. The molecule has 65 heavy (non-hydrogen) atoms. The van der Waals surface area contributed by atoms with E-state index in [9.17, 15) is 0 Å². The van der Waals surface area contributed by atoms with Gasteiger partial charge in [-0.1, -0.05) is 173 Å². The van der Waals surface area contributed by atoms with Gasteiger partial charge in [-0.05, 0) is 120 Å². The van der Waals surface area contributed by atoms with Crippen molar-refractivity contribution in [2.75, 3.05) is 9.71 Å². The smallest absolute Gasteiger partial charge is 0.333 e. The number of benzene rings is 9. The summed E-state index contributed by atoms with van der Waals surface area (Å²) in [6.45, 7) is 9.73. The topological polar surface area (TPSA) is 6.48 Å². The number of fused-ring (bicyclic) bond motifs is 20. The van der Waals surface area contributed by atoms with Crippen LogP contribution >= 0.6 is 11.3 Å². The van der Waals surface area contributed by atoms with E-state index in [0.717, 1.165) is 0 Å². The van der Waals surface area contributed by atoms with E-state index >= 15 is 0 Å². The number of para-hydroxylation sites is 2. The van der Waals surface area contributed by atoms with E-state index in [1.54, 1.807) is 0 Å². The summed E-state index contributed by atoms with van der Waals surface area (Å²) in [6, 6.07) is 68.2. The lowest BCUT2D eigenvalue weighted by Crippen LogP contribution is -2.62. The second-order valence-electron chi connectivity index (χ2n) is 20.6. The van der Waals surface area contributed by atoms with Crippen LogP contribution in [0.2, 0.25) is 0 Å². The van der Waals surface area contributed by atoms with Crippen LogP contribution in [0.25, 0.3) is 53.2 Å². The Morgan fingerprint density at radius 2 is 1.12 bits per heavy atom. The van der Waals surface area contributed by atoms with Crippen molar-refractivity contribution < 1.29 is 0 Å². The van der Waals surface area contributed by atoms with Crippen molar-refractivity contribution in [3.8, 4) is 22.3 Å². The van der Waals surface area contributed by atoms with Crippen LogP contribution in [0.1, 0.15) is 73.9 Å². The van der Waals surface area contributed by atoms with Crippen LogP contribution in [0.5, 0.6) is 0 Å². The van der Waals surface area contributed by atoms with E-state index in [1.807, 2.05) is 11.3 Å². The van der Waals surface area contributed by atoms with Crippen LogP contribution in [-0.4, -0.2) is 6.85 Å². The average Bonchev–Trinajstić information content (AvgIpc) is 3.87. The van der Waals surface area contributed by atoms with Crippen molar-refractivity contribution in [1.82, 2.24) is 0 Å². The number of hydrogen-bond donors (Lipinski definition) is 0. The second-order valence-corrected chi connectivity index (χ2v) is 21.6. The molecule has 2 nitrogen and oxygen atoms in total. The molecule has 4 heterocycles. The maximum Gasteiger partial charge on any atom is 0.333 e. The molecule has 0 bridgehead atoms. The molecule has 10 aromatic rings. The third-order valence-corrected chi connectivity index (χ3v) is 17.7. The minimum Gasteiger partial charge on any atom is -0.375 e. The molecule has 0 saturated heterocycles. The van der Waals surface area contributed by atoms with E-state index in [0.29, 0.717) is 0 Å². The molecule has 0 saturated carbocycles. The molecule has 308 valence electrons. The highest BCUT2D eigenvalue weighted by molar-refractivity contribution is 7.26. The van der Waals surface area contributed by atoms with Gasteiger partial charge in [0, 0.05) is 37.8 Å². The molecule has 1 aromatic heterocycles. The SMILES string of the molecule is CC1(C)CCC(C)(C)c2cc(N3B4c5cccc6c5N(c5ccccc5C65c6ccccc6-c6ccccc65)c5c4c(cc4ccccc54)-c4ccc5c(sc6ccccc65)c43)ccc21. The molecule has 0 fully saturated rings. The number of hydrogen-bond acceptors (Lipinski definition) is 3. The summed E-state index contributed by atoms with van der Waals surface area (Å²) in [7, 11) is 0. The fourth-order valence-corrected chi connectivity index (χ4v) is 14.8. The molecule has 4 heteroatoms. The van der Waals surface area contributed by atoms with Crippen molar-refractivity contribution in [1.29, 1.82) is 0 Å². The van der Waals surface area contributed by atoms with Gasteiger partial charge in [-0.2, -0.15) is 0 Å². The zero-order valence-corrected chi connectivity index (χ0v) is 37.9. The first kappa shape index (κ1) is 36.5. The van der Waals surface area contributed by atoms with Gasteiger partial charge in [0.1, 0.15) is 0 Å². The van der Waals surface area contributed by atoms with Crippen LogP contribution < -0.4 is 20.6 Å². The summed E-state index contributed by atoms with van der Waals surface area (Å²) >= 11 is 1.96. The summed E-state index contributed by atoms with van der Waals surface area (Å²) in [5, 5.41) is 5.22. The number of thiophene rings is 1. The van der Waals surface area contributed by atoms with Gasteiger partial charge < -0.3 is 9.71 Å². The lowest BCUT2D eigenvalue weighted by atomic mass is 9.42. The van der Waals surface area contributed by atoms with Crippen molar-refractivity contribution in [2.45, 2.75) is 56.8 Å². The second kappa shape index (κ2) is 12.3. The van der Waals surface area contributed by atoms with Crippen molar-refractivity contribution in [3.05, 3.63) is 209 Å². The number of nitrogens with zero attached hydrogens (tertiary/aromatic N) is 2. The van der Waals surface area contributed by atoms with Gasteiger partial charge in [-0.15, -0.1) is 11.3 Å². The van der Waals surface area contributed by atoms with Crippen molar-refractivity contribution in [3.63, 3.8) is 0 Å². The Morgan fingerprint density at radius 3 is 1.92 bits per heavy atom. The first-order valence-electron chi connectivity index (χ1n) is 23.4. The first-order valence-corrected chi connectivity index (χ1v) is 24.2. The zero-order chi connectivity index (χ0) is 43.1. The van der Waals surface area contributed by atoms with Gasteiger partial charge in [0.05, 0.1) is 27.2 Å². The molecule has 0 N–H and O–H groups in total. The van der Waals surface area contributed by atoms with Crippen LogP contribution in [0.4, 0.5) is 28.4 Å². The molecule has 5 aliphatic rings. The molecule has 1 spiro atoms. The monoisotopic (exact) mass is 848 g/mol. The third kappa shape index (κ3) is 4.38. The normalized spacial score (nSPS) is 17.1. The van der Waals surface area contributed by atoms with Crippen LogP contribution in [0.15, 0.2) is 176 Å². The standard InChI is InChI=1S/C61H45BN2S/c1-59(2)32-33-60(3,4)50-35-37(28-31-47(50)59)64-56-42(29-30-43-41-20-9-14-27-53(41)65-58(43)56)44-34-36-16-5-6-17-38(36)55-54(44)62(64)51-25-15-24-49-57(51)63(55)52-26-13-12-23-48(52)61(49)45-21-10-7-18-39(45)40-19-8-11-22-46(40)61/h5-31,34-35H,32-33H2,1-4H3. The van der Waals surface area contributed by atoms with Gasteiger partial charge in [0.15, 0.2) is 0 Å². The van der Waals surface area contributed by atoms with Gasteiger partial charge in [0.2, 0.25) is 0 Å². The lowest BCUT2D eigenvalue weighted by Gasteiger charge is -2.52. The third-order valence-electron chi connectivity index (χ3n) is 16.5. The van der Waals surface area contributed by atoms with E-state index < -0.39 is 5.41 Å². The zero-order valence-electron chi connectivity index (χ0n) is 37.0. The van der Waals surface area contributed by atoms with Gasteiger partial charge >= 0.3 is 6.85 Å². The summed E-state index contributed by atoms with van der Waals surface area (Å²) in [6.07, 6.45) is 2.36. The van der Waals surface area contributed by atoms with E-state index in [1.165, 1.54) is 139 Å². The molecule has 0 atom stereocenters. The molecule has 2 aliphatic carbocycles. The molecular formula is C61H45BN2S. The Morgan fingerprint density at radius 1 is 0.462 bits per heavy atom. The molecule has 3 aliphatic heterocycles. The van der Waals surface area contributed by atoms with Gasteiger partial charge in [0.25, 0.3) is 0 Å². The van der Waals surface area contributed by atoms with E-state index in [2.05, 4.69) is 213 Å². The molecule has 0 radical (unpaired) electrons. The van der Waals surface area contributed by atoms with E-state index in [4.69, 9.17) is 0 Å². The van der Waals surface area contributed by atoms with Crippen molar-refractivity contribution >= 4 is 88.5 Å². The highest BCUT2D eigenvalue weighted by Gasteiger charge is 2.56. The van der Waals surface area contributed by atoms with Gasteiger partial charge in [-0.3, -0.25) is 0 Å². The Bertz CT molecular complexity index is 3730. The van der Waals surface area contributed by atoms with Crippen molar-refractivity contribution in [2.24, 2.45) is 0 Å². The quantitative estimate of drug-likeness (QED) is 0.152. The maximum absolute atomic E-state index is 2.81. The van der Waals surface area contributed by atoms with Crippen LogP contribution in [-0.2, 0) is 16.2 Å². The number of rotatable bonds is 1. The molecular weight excluding hydrogens is 804 g/mol. The molecule has 0 unspecified atom stereocenters. The maximum atomic E-state index is 2.81.